The summed E-state index contributed by atoms with van der Waals surface area (Å²) >= 11 is 0. The third-order valence-electron chi connectivity index (χ3n) is 15.4. The van der Waals surface area contributed by atoms with Gasteiger partial charge in [-0.3, -0.25) is 9.59 Å². The van der Waals surface area contributed by atoms with E-state index in [-0.39, 0.29) is 22.5 Å². The van der Waals surface area contributed by atoms with Crippen molar-refractivity contribution in [3.63, 3.8) is 0 Å². The summed E-state index contributed by atoms with van der Waals surface area (Å²) in [5, 5.41) is 16.1. The minimum Gasteiger partial charge on any atom is -0.478 e. The van der Waals surface area contributed by atoms with Crippen molar-refractivity contribution in [2.75, 3.05) is 19.6 Å². The number of aromatic carboxylic acids is 1. The lowest BCUT2D eigenvalue weighted by atomic mass is 9.32. The van der Waals surface area contributed by atoms with Crippen LogP contribution in [-0.2, 0) is 9.59 Å². The number of terminal acetylenes is 3. The number of hydrogen-bond acceptors (Lipinski definition) is 4. The van der Waals surface area contributed by atoms with Crippen LogP contribution in [0, 0.1) is 89.3 Å². The number of carbonyl (C=O) groups is 3. The molecule has 1 aromatic carbocycles. The SMILES string of the molecule is C#C.C#C.C#C.C=C.CC(=O)CCNC(=O)CCNC[C@]12CCCC1[C@H]1CCC3[C@@]4(C)CC=C(c5ccc(C(=O)O)cc5)C(C)(C)C4CC[C@@]3(C)[C@]1(C)CC2. The fourth-order valence-electron chi connectivity index (χ4n) is 12.9. The number of ketones is 1. The van der Waals surface area contributed by atoms with Gasteiger partial charge >= 0.3 is 5.97 Å². The van der Waals surface area contributed by atoms with Crippen LogP contribution in [0.3, 0.4) is 0 Å². The Morgan fingerprint density at radius 3 is 2.00 bits per heavy atom. The molecule has 55 heavy (non-hydrogen) atoms. The summed E-state index contributed by atoms with van der Waals surface area (Å²) in [5.41, 5.74) is 4.25. The average Bonchev–Trinajstić information content (AvgIpc) is 3.61. The summed E-state index contributed by atoms with van der Waals surface area (Å²) in [6.45, 7) is 22.7. The molecule has 0 spiro atoms. The predicted octanol–water partition coefficient (Wildman–Crippen LogP) is 9.86. The highest BCUT2D eigenvalue weighted by Crippen LogP contribution is 2.77. The summed E-state index contributed by atoms with van der Waals surface area (Å²) < 4.78 is 0. The van der Waals surface area contributed by atoms with Gasteiger partial charge in [-0.1, -0.05) is 59.2 Å². The first kappa shape index (κ1) is 47.1. The molecule has 5 aliphatic carbocycles. The van der Waals surface area contributed by atoms with Crippen LogP contribution in [0.2, 0.25) is 0 Å². The number of nitrogens with one attached hydrogen (secondary N) is 2. The van der Waals surface area contributed by atoms with Crippen molar-refractivity contribution in [3.05, 3.63) is 54.6 Å². The Labute approximate surface area is 334 Å². The maximum absolute atomic E-state index is 12.3. The monoisotopic (exact) mass is 751 g/mol. The molecule has 5 aliphatic rings. The molecule has 6 heteroatoms. The molecule has 6 nitrogen and oxygen atoms in total. The maximum atomic E-state index is 12.3. The predicted molar refractivity (Wildman–Crippen MR) is 229 cm³/mol. The van der Waals surface area contributed by atoms with Crippen molar-refractivity contribution in [1.82, 2.24) is 10.6 Å². The number of rotatable bonds is 10. The van der Waals surface area contributed by atoms with Gasteiger partial charge < -0.3 is 15.7 Å². The van der Waals surface area contributed by atoms with E-state index in [9.17, 15) is 19.5 Å². The molecule has 0 radical (unpaired) electrons. The van der Waals surface area contributed by atoms with Crippen molar-refractivity contribution in [1.29, 1.82) is 0 Å². The van der Waals surface area contributed by atoms with Crippen molar-refractivity contribution in [2.24, 2.45) is 50.7 Å². The molecule has 0 aliphatic heterocycles. The average molecular weight is 751 g/mol. The van der Waals surface area contributed by atoms with Crippen LogP contribution in [0.4, 0.5) is 0 Å². The number of benzene rings is 1. The van der Waals surface area contributed by atoms with Crippen LogP contribution < -0.4 is 10.6 Å². The van der Waals surface area contributed by atoms with Gasteiger partial charge in [0.25, 0.3) is 0 Å². The minimum absolute atomic E-state index is 0.0278. The van der Waals surface area contributed by atoms with E-state index in [1.807, 2.05) is 12.1 Å². The van der Waals surface area contributed by atoms with Gasteiger partial charge in [-0.15, -0.1) is 51.7 Å². The highest BCUT2D eigenvalue weighted by Gasteiger charge is 2.69. The molecule has 1 aromatic rings. The van der Waals surface area contributed by atoms with Gasteiger partial charge in [0, 0.05) is 32.5 Å². The number of amides is 1. The van der Waals surface area contributed by atoms with Crippen molar-refractivity contribution >= 4 is 23.2 Å². The first-order valence-electron chi connectivity index (χ1n) is 20.2. The summed E-state index contributed by atoms with van der Waals surface area (Å²) in [7, 11) is 0. The second-order valence-corrected chi connectivity index (χ2v) is 17.7. The zero-order valence-electron chi connectivity index (χ0n) is 34.9. The van der Waals surface area contributed by atoms with Crippen LogP contribution in [-0.4, -0.2) is 42.4 Å². The Morgan fingerprint density at radius 1 is 0.764 bits per heavy atom. The molecule has 8 atom stereocenters. The molecule has 300 valence electrons. The molecule has 3 unspecified atom stereocenters. The van der Waals surface area contributed by atoms with Crippen LogP contribution in [0.1, 0.15) is 135 Å². The van der Waals surface area contributed by atoms with E-state index in [0.29, 0.717) is 59.6 Å². The Morgan fingerprint density at radius 2 is 1.40 bits per heavy atom. The summed E-state index contributed by atoms with van der Waals surface area (Å²) in [4.78, 5) is 35.0. The fourth-order valence-corrected chi connectivity index (χ4v) is 12.9. The van der Waals surface area contributed by atoms with Gasteiger partial charge in [0.2, 0.25) is 5.91 Å². The van der Waals surface area contributed by atoms with Crippen LogP contribution >= 0.6 is 0 Å². The third-order valence-corrected chi connectivity index (χ3v) is 15.4. The quantitative estimate of drug-likeness (QED) is 0.126. The molecular weight excluding hydrogens is 681 g/mol. The Kier molecular flexibility index (Phi) is 16.9. The van der Waals surface area contributed by atoms with Gasteiger partial charge in [0.05, 0.1) is 5.56 Å². The van der Waals surface area contributed by atoms with Crippen LogP contribution in [0.25, 0.3) is 5.57 Å². The zero-order valence-corrected chi connectivity index (χ0v) is 34.9. The maximum Gasteiger partial charge on any atom is 0.335 e. The number of carboxylic acids is 1. The molecule has 1 amide bonds. The largest absolute Gasteiger partial charge is 0.478 e. The molecule has 0 aromatic heterocycles. The van der Waals surface area contributed by atoms with E-state index >= 15 is 0 Å². The highest BCUT2D eigenvalue weighted by molar-refractivity contribution is 5.88. The lowest BCUT2D eigenvalue weighted by Crippen LogP contribution is -2.65. The molecule has 3 N–H and O–H groups in total. The van der Waals surface area contributed by atoms with Crippen molar-refractivity contribution in [2.45, 2.75) is 119 Å². The molecule has 4 saturated carbocycles. The number of fused-ring (bicyclic) bond motifs is 7. The number of allylic oxidation sites excluding steroid dienone is 2. The van der Waals surface area contributed by atoms with Gasteiger partial charge in [-0.25, -0.2) is 4.79 Å². The molecule has 0 bridgehead atoms. The van der Waals surface area contributed by atoms with Gasteiger partial charge in [0.1, 0.15) is 5.78 Å². The summed E-state index contributed by atoms with van der Waals surface area (Å²) in [6, 6.07) is 7.57. The number of Topliss-reactive ketones (excluding diaryl/α,β-unsaturated/α-hetero) is 1. The van der Waals surface area contributed by atoms with E-state index in [1.165, 1.54) is 68.9 Å². The summed E-state index contributed by atoms with van der Waals surface area (Å²) in [6.07, 6.45) is 40.4. The topological polar surface area (TPSA) is 95.5 Å². The van der Waals surface area contributed by atoms with Crippen molar-refractivity contribution in [3.8, 4) is 38.5 Å². The van der Waals surface area contributed by atoms with Gasteiger partial charge in [0.15, 0.2) is 0 Å². The Bertz CT molecular complexity index is 1550. The van der Waals surface area contributed by atoms with Gasteiger partial charge in [-0.05, 0) is 139 Å². The third kappa shape index (κ3) is 8.84. The van der Waals surface area contributed by atoms with E-state index in [1.54, 1.807) is 19.1 Å². The minimum atomic E-state index is -0.867. The lowest BCUT2D eigenvalue weighted by Gasteiger charge is -2.72. The number of hydrogen-bond donors (Lipinski definition) is 3. The smallest absolute Gasteiger partial charge is 0.335 e. The molecular formula is C49H70N2O4. The fraction of sp³-hybridized carbons (Fsp3) is 0.612. The van der Waals surface area contributed by atoms with E-state index < -0.39 is 5.97 Å². The zero-order chi connectivity index (χ0) is 41.8. The Balaban J connectivity index is 0.00000123. The number of carboxylic acid groups (broad SMARTS) is 1. The first-order valence-corrected chi connectivity index (χ1v) is 20.2. The number of carbonyl (C=O) groups excluding carboxylic acids is 2. The van der Waals surface area contributed by atoms with Gasteiger partial charge in [-0.2, -0.15) is 0 Å². The van der Waals surface area contributed by atoms with E-state index in [2.05, 4.69) is 103 Å². The van der Waals surface area contributed by atoms with E-state index in [4.69, 9.17) is 0 Å². The van der Waals surface area contributed by atoms with Crippen LogP contribution in [0.5, 0.6) is 0 Å². The highest BCUT2D eigenvalue weighted by atomic mass is 16.4. The first-order chi connectivity index (χ1) is 26.2. The molecule has 0 heterocycles. The van der Waals surface area contributed by atoms with E-state index in [0.717, 1.165) is 24.8 Å². The Hall–Kier alpha value is -4.05. The second-order valence-electron chi connectivity index (χ2n) is 17.7. The normalized spacial score (nSPS) is 33.2. The standard InChI is InChI=1S/C41H60N2O4.C2H4.3C2H2/c1-27(44)17-25-43-35(45)18-24-42-26-41-19-7-8-32(41)31-13-14-34-38(4)20-15-30(28-9-11-29(12-10-28)36(46)47)37(2,3)33(38)16-21-40(34,6)39(31,5)22-23-41;4*1-2/h9-12,15,31-34,42H,7-8,13-14,16-26H2,1-6H3,(H,43,45)(H,46,47);1-2H2;3*1-2H/t31-,32?,33?,34?,38+,39-,40-,41-;;;;/m1..../s1. The van der Waals surface area contributed by atoms with Crippen LogP contribution in [0.15, 0.2) is 43.5 Å². The molecule has 0 saturated heterocycles. The molecule has 4 fully saturated rings. The lowest BCUT2D eigenvalue weighted by molar-refractivity contribution is -0.222. The summed E-state index contributed by atoms with van der Waals surface area (Å²) in [5.74, 6) is 2.12. The second kappa shape index (κ2) is 19.7. The molecule has 6 rings (SSSR count). The van der Waals surface area contributed by atoms with Crippen molar-refractivity contribution < 1.29 is 19.5 Å².